The summed E-state index contributed by atoms with van der Waals surface area (Å²) in [4.78, 5) is 29.0. The summed E-state index contributed by atoms with van der Waals surface area (Å²) in [5.74, 6) is -3.43. The number of alkyl halides is 3. The first-order valence-electron chi connectivity index (χ1n) is 10.4. The maximum absolute atomic E-state index is 13.5. The second-order valence-corrected chi connectivity index (χ2v) is 8.20. The SMILES string of the molecule is CN(C)C1CCN(c2ccc(C(=O)O)c(N(C(=O)C(F)(F)F)C3CCOCC3)c2)CC1. The van der Waals surface area contributed by atoms with Crippen LogP contribution in [0.5, 0.6) is 0 Å². The van der Waals surface area contributed by atoms with Crippen molar-refractivity contribution in [2.45, 2.75) is 43.9 Å². The van der Waals surface area contributed by atoms with Crippen molar-refractivity contribution < 1.29 is 32.6 Å². The molecule has 2 fully saturated rings. The van der Waals surface area contributed by atoms with Crippen molar-refractivity contribution in [3.63, 3.8) is 0 Å². The van der Waals surface area contributed by atoms with Crippen molar-refractivity contribution >= 4 is 23.3 Å². The Morgan fingerprint density at radius 3 is 2.19 bits per heavy atom. The molecule has 7 nitrogen and oxygen atoms in total. The highest BCUT2D eigenvalue weighted by Crippen LogP contribution is 2.35. The number of carbonyl (C=O) groups excluding carboxylic acids is 1. The average molecular weight is 443 g/mol. The Morgan fingerprint density at radius 1 is 1.06 bits per heavy atom. The number of carbonyl (C=O) groups is 2. The standard InChI is InChI=1S/C21H28F3N3O4/c1-25(2)14-5-9-26(10-6-14)16-3-4-17(19(28)29)18(13-16)27(20(30)21(22,23)24)15-7-11-31-12-8-15/h3-4,13-15H,5-12H2,1-2H3,(H,28,29). The first-order chi connectivity index (χ1) is 14.6. The Kier molecular flexibility index (Phi) is 7.10. The van der Waals surface area contributed by atoms with Crippen LogP contribution in [-0.4, -0.2) is 80.5 Å². The highest BCUT2D eigenvalue weighted by Gasteiger charge is 2.46. The monoisotopic (exact) mass is 443 g/mol. The van der Waals surface area contributed by atoms with E-state index in [0.29, 0.717) is 29.7 Å². The van der Waals surface area contributed by atoms with Gasteiger partial charge in [0.05, 0.1) is 11.3 Å². The van der Waals surface area contributed by atoms with Crippen molar-refractivity contribution in [2.75, 3.05) is 50.2 Å². The lowest BCUT2D eigenvalue weighted by Crippen LogP contribution is -2.50. The maximum atomic E-state index is 13.5. The molecule has 3 rings (SSSR count). The van der Waals surface area contributed by atoms with Crippen LogP contribution in [0.2, 0.25) is 0 Å². The summed E-state index contributed by atoms with van der Waals surface area (Å²) in [5, 5.41) is 9.63. The molecule has 0 unspecified atom stereocenters. The minimum absolute atomic E-state index is 0.208. The molecule has 10 heteroatoms. The summed E-state index contributed by atoms with van der Waals surface area (Å²) in [6.07, 6.45) is -2.94. The molecule has 0 atom stereocenters. The van der Waals surface area contributed by atoms with Gasteiger partial charge in [0.25, 0.3) is 0 Å². The van der Waals surface area contributed by atoms with Crippen LogP contribution in [0, 0.1) is 0 Å². The third-order valence-electron chi connectivity index (χ3n) is 6.05. The van der Waals surface area contributed by atoms with Crippen LogP contribution in [0.25, 0.3) is 0 Å². The molecule has 0 aromatic heterocycles. The van der Waals surface area contributed by atoms with E-state index in [4.69, 9.17) is 4.74 Å². The van der Waals surface area contributed by atoms with Gasteiger partial charge in [0.15, 0.2) is 0 Å². The van der Waals surface area contributed by atoms with Crippen LogP contribution in [0.4, 0.5) is 24.5 Å². The molecule has 1 aromatic carbocycles. The number of aromatic carboxylic acids is 1. The average Bonchev–Trinajstić information content (AvgIpc) is 2.74. The molecule has 2 saturated heterocycles. The number of carboxylic acid groups (broad SMARTS) is 1. The van der Waals surface area contributed by atoms with Crippen molar-refractivity contribution in [3.05, 3.63) is 23.8 Å². The number of anilines is 2. The molecular formula is C21H28F3N3O4. The van der Waals surface area contributed by atoms with Crippen molar-refractivity contribution in [1.29, 1.82) is 0 Å². The Bertz CT molecular complexity index is 802. The molecule has 0 saturated carbocycles. The number of nitrogens with zero attached hydrogens (tertiary/aromatic N) is 3. The third kappa shape index (κ3) is 5.30. The molecular weight excluding hydrogens is 415 g/mol. The van der Waals surface area contributed by atoms with E-state index < -0.39 is 24.1 Å². The van der Waals surface area contributed by atoms with Crippen LogP contribution >= 0.6 is 0 Å². The largest absolute Gasteiger partial charge is 0.478 e. The molecule has 0 radical (unpaired) electrons. The number of ether oxygens (including phenoxy) is 1. The van der Waals surface area contributed by atoms with E-state index in [1.165, 1.54) is 12.1 Å². The quantitative estimate of drug-likeness (QED) is 0.755. The Hall–Kier alpha value is -2.33. The first kappa shape index (κ1) is 23.3. The third-order valence-corrected chi connectivity index (χ3v) is 6.05. The lowest BCUT2D eigenvalue weighted by molar-refractivity contribution is -0.171. The van der Waals surface area contributed by atoms with Gasteiger partial charge < -0.3 is 24.5 Å². The molecule has 0 aliphatic carbocycles. The summed E-state index contributed by atoms with van der Waals surface area (Å²) < 4.78 is 45.6. The first-order valence-corrected chi connectivity index (χ1v) is 10.4. The van der Waals surface area contributed by atoms with Gasteiger partial charge in [0, 0.05) is 44.1 Å². The summed E-state index contributed by atoms with van der Waals surface area (Å²) in [7, 11) is 4.02. The number of hydrogen-bond donors (Lipinski definition) is 1. The minimum atomic E-state index is -5.12. The molecule has 0 spiro atoms. The summed E-state index contributed by atoms with van der Waals surface area (Å²) in [5.41, 5.74) is 0.0780. The number of rotatable bonds is 5. The summed E-state index contributed by atoms with van der Waals surface area (Å²) >= 11 is 0. The van der Waals surface area contributed by atoms with E-state index in [2.05, 4.69) is 4.90 Å². The van der Waals surface area contributed by atoms with Gasteiger partial charge in [0.1, 0.15) is 0 Å². The fourth-order valence-corrected chi connectivity index (χ4v) is 4.29. The fourth-order valence-electron chi connectivity index (χ4n) is 4.29. The van der Waals surface area contributed by atoms with Gasteiger partial charge in [0.2, 0.25) is 0 Å². The van der Waals surface area contributed by atoms with Crippen LogP contribution in [0.3, 0.4) is 0 Å². The normalized spacial score (nSPS) is 19.0. The second kappa shape index (κ2) is 9.44. The Balaban J connectivity index is 1.99. The van der Waals surface area contributed by atoms with Gasteiger partial charge in [-0.1, -0.05) is 0 Å². The Morgan fingerprint density at radius 2 is 1.68 bits per heavy atom. The molecule has 1 amide bonds. The number of piperidine rings is 1. The molecule has 0 bridgehead atoms. The molecule has 2 aliphatic heterocycles. The van der Waals surface area contributed by atoms with Gasteiger partial charge >= 0.3 is 18.1 Å². The van der Waals surface area contributed by atoms with Crippen LogP contribution < -0.4 is 9.80 Å². The van der Waals surface area contributed by atoms with Gasteiger partial charge in [-0.05, 0) is 58.0 Å². The zero-order valence-corrected chi connectivity index (χ0v) is 17.7. The predicted molar refractivity (Wildman–Crippen MR) is 110 cm³/mol. The fraction of sp³-hybridized carbons (Fsp3) is 0.619. The molecule has 2 heterocycles. The van der Waals surface area contributed by atoms with Crippen LogP contribution in [-0.2, 0) is 9.53 Å². The molecule has 31 heavy (non-hydrogen) atoms. The summed E-state index contributed by atoms with van der Waals surface area (Å²) in [6, 6.07) is 3.94. The zero-order valence-electron chi connectivity index (χ0n) is 17.7. The van der Waals surface area contributed by atoms with Crippen molar-refractivity contribution in [1.82, 2.24) is 4.90 Å². The summed E-state index contributed by atoms with van der Waals surface area (Å²) in [6.45, 7) is 1.82. The number of hydrogen-bond acceptors (Lipinski definition) is 5. The number of amides is 1. The van der Waals surface area contributed by atoms with E-state index in [1.807, 2.05) is 19.0 Å². The van der Waals surface area contributed by atoms with E-state index in [9.17, 15) is 27.9 Å². The molecule has 1 aromatic rings. The van der Waals surface area contributed by atoms with Gasteiger partial charge in [-0.3, -0.25) is 4.79 Å². The van der Waals surface area contributed by atoms with Crippen LogP contribution in [0.15, 0.2) is 18.2 Å². The highest BCUT2D eigenvalue weighted by atomic mass is 19.4. The molecule has 2 aliphatic rings. The van der Waals surface area contributed by atoms with E-state index >= 15 is 0 Å². The van der Waals surface area contributed by atoms with Crippen molar-refractivity contribution in [2.24, 2.45) is 0 Å². The van der Waals surface area contributed by atoms with Gasteiger partial charge in [-0.15, -0.1) is 0 Å². The van der Waals surface area contributed by atoms with E-state index in [-0.39, 0.29) is 37.3 Å². The Labute approximate surface area is 179 Å². The van der Waals surface area contributed by atoms with E-state index in [0.717, 1.165) is 12.8 Å². The van der Waals surface area contributed by atoms with Gasteiger partial charge in [-0.2, -0.15) is 13.2 Å². The molecule has 1 N–H and O–H groups in total. The predicted octanol–water partition coefficient (Wildman–Crippen LogP) is 2.99. The van der Waals surface area contributed by atoms with Crippen LogP contribution in [0.1, 0.15) is 36.0 Å². The lowest BCUT2D eigenvalue weighted by Gasteiger charge is -2.38. The van der Waals surface area contributed by atoms with Gasteiger partial charge in [-0.25, -0.2) is 4.79 Å². The number of halogens is 3. The second-order valence-electron chi connectivity index (χ2n) is 8.20. The topological polar surface area (TPSA) is 73.3 Å². The molecule has 172 valence electrons. The lowest BCUT2D eigenvalue weighted by atomic mass is 10.0. The zero-order chi connectivity index (χ0) is 22.8. The maximum Gasteiger partial charge on any atom is 0.471 e. The van der Waals surface area contributed by atoms with Crippen molar-refractivity contribution in [3.8, 4) is 0 Å². The number of carboxylic acids is 1. The minimum Gasteiger partial charge on any atom is -0.478 e. The smallest absolute Gasteiger partial charge is 0.471 e. The van der Waals surface area contributed by atoms with E-state index in [1.54, 1.807) is 6.07 Å². The number of benzene rings is 1. The highest BCUT2D eigenvalue weighted by molar-refractivity contribution is 6.05.